The zero-order chi connectivity index (χ0) is 92.9. The van der Waals surface area contributed by atoms with Crippen LogP contribution in [0.15, 0.2) is 484 Å². The van der Waals surface area contributed by atoms with E-state index in [1.54, 1.807) is 0 Å². The molecular weight excluding hydrogens is 1800 g/mol. The summed E-state index contributed by atoms with van der Waals surface area (Å²) in [5.74, 6) is 0. The summed E-state index contributed by atoms with van der Waals surface area (Å²) in [5, 5.41) is 25.7. The molecule has 0 aliphatic carbocycles. The van der Waals surface area contributed by atoms with Crippen molar-refractivity contribution in [1.82, 2.24) is 22.8 Å². The van der Waals surface area contributed by atoms with E-state index < -0.39 is 0 Å². The fourth-order valence-corrected chi connectivity index (χ4v) is 28.5. The SMILES string of the molecule is c1ccc(-c2ccc(-c3cccc4c3sc3c4ccc4c3c3ccccc3n4-c3cccc4c3sc3ccccc34)cc2)cc1.c1ccc(-c2cccc(-c3cccc4c3sc3c4ccc4c3c3ccccc3n4-c3cccc4c3oc3ccccc34)c2)cc1.c1ccc(-n2c3ccccc3c3cc(-n4c5ccccc5c5cc(-n6c7ccccc7c7c8sc9ccccc9c8ccc76)ccc54)ccc32)cc1. The van der Waals surface area contributed by atoms with E-state index in [-0.39, 0.29) is 0 Å². The molecule has 662 valence electrons. The molecule has 0 radical (unpaired) electrons. The molecule has 32 aromatic rings. The van der Waals surface area contributed by atoms with Crippen molar-refractivity contribution in [3.05, 3.63) is 479 Å². The molecule has 142 heavy (non-hydrogen) atoms. The van der Waals surface area contributed by atoms with E-state index in [1.165, 1.54) is 251 Å². The minimum Gasteiger partial charge on any atom is -0.454 e. The smallest absolute Gasteiger partial charge is 0.159 e. The van der Waals surface area contributed by atoms with Crippen LogP contribution in [0.5, 0.6) is 0 Å². The van der Waals surface area contributed by atoms with Crippen LogP contribution in [0, 0.1) is 0 Å². The standard InChI is InChI=1S/C48H29N3S.C42H25NOS.C42H25NS2/c1-2-12-30(13-3-1)49-40-18-8-4-14-33(40)38-28-31(22-25-43(38)49)50-41-19-9-5-15-34(41)39-29-32(23-26-44(39)50)51-42-20-10-6-17-37(42)47-45(51)27-24-36-35-16-7-11-21-46(35)52-48(36)47;1-2-11-26(12-3-1)27-13-8-14-28(25-27)29-17-9-19-32-33-23-24-36-39(42(33)45-41(29)32)34-16-4-6-20-35(34)43(36)37-21-10-18-31-30-15-5-7-22-38(30)44-40(31)37;1-2-10-26(11-3-1)27-20-22-28(23-21-27)29-14-8-15-32-33-24-25-36-39(42(33)45-40(29)32)34-13-4-6-17-35(34)43(36)37-18-9-16-31-30-12-5-7-19-38(30)44-41(31)37/h1-29H;2*1-25H. The van der Waals surface area contributed by atoms with Crippen LogP contribution in [0.4, 0.5) is 0 Å². The van der Waals surface area contributed by atoms with Crippen molar-refractivity contribution in [1.29, 1.82) is 0 Å². The second kappa shape index (κ2) is 32.1. The Bertz CT molecular complexity index is 10900. The highest BCUT2D eigenvalue weighted by Crippen LogP contribution is 2.53. The van der Waals surface area contributed by atoms with E-state index in [2.05, 4.69) is 496 Å². The highest BCUT2D eigenvalue weighted by Gasteiger charge is 2.28. The van der Waals surface area contributed by atoms with Crippen molar-refractivity contribution >= 4 is 257 Å². The molecule has 10 aromatic heterocycles. The molecule has 0 N–H and O–H groups in total. The van der Waals surface area contributed by atoms with Gasteiger partial charge in [0.05, 0.1) is 71.2 Å². The first-order valence-corrected chi connectivity index (χ1v) is 51.6. The minimum absolute atomic E-state index is 0.913. The van der Waals surface area contributed by atoms with Gasteiger partial charge in [0.2, 0.25) is 0 Å². The number of hydrogen-bond acceptors (Lipinski definition) is 5. The van der Waals surface area contributed by atoms with Gasteiger partial charge in [0, 0.05) is 158 Å². The molecule has 0 fully saturated rings. The molecule has 0 saturated heterocycles. The Balaban J connectivity index is 0.000000100. The maximum absolute atomic E-state index is 6.53. The molecule has 10 heteroatoms. The topological polar surface area (TPSA) is 37.8 Å². The Labute approximate surface area is 829 Å². The van der Waals surface area contributed by atoms with Crippen LogP contribution in [0.25, 0.3) is 285 Å². The predicted octanol–water partition coefficient (Wildman–Crippen LogP) is 38.6. The van der Waals surface area contributed by atoms with E-state index in [1.807, 2.05) is 51.4 Å². The molecule has 0 atom stereocenters. The third-order valence-electron chi connectivity index (χ3n) is 29.5. The van der Waals surface area contributed by atoms with Gasteiger partial charge in [-0.15, -0.1) is 45.3 Å². The van der Waals surface area contributed by atoms with Gasteiger partial charge in [-0.25, -0.2) is 0 Å². The summed E-state index contributed by atoms with van der Waals surface area (Å²) in [6.45, 7) is 0. The predicted molar refractivity (Wildman–Crippen MR) is 612 cm³/mol. The fraction of sp³-hybridized carbons (Fsp3) is 0. The number of furan rings is 1. The number of para-hydroxylation sites is 8. The minimum atomic E-state index is 0.913. The lowest BCUT2D eigenvalue weighted by Crippen LogP contribution is -1.96. The number of fused-ring (bicyclic) bond motifs is 33. The first-order valence-electron chi connectivity index (χ1n) is 48.3. The molecule has 10 heterocycles. The van der Waals surface area contributed by atoms with E-state index in [0.29, 0.717) is 0 Å². The summed E-state index contributed by atoms with van der Waals surface area (Å²) in [6, 6.07) is 175. The van der Waals surface area contributed by atoms with Crippen molar-refractivity contribution in [2.45, 2.75) is 0 Å². The number of aromatic nitrogens is 5. The molecule has 0 saturated carbocycles. The molecule has 0 amide bonds. The van der Waals surface area contributed by atoms with Gasteiger partial charge in [0.15, 0.2) is 5.58 Å². The molecule has 0 spiro atoms. The summed E-state index contributed by atoms with van der Waals surface area (Å²) in [5.41, 5.74) is 29.8. The van der Waals surface area contributed by atoms with Gasteiger partial charge in [-0.3, -0.25) is 0 Å². The average Bonchev–Trinajstić information content (AvgIpc) is 1.56. The van der Waals surface area contributed by atoms with Gasteiger partial charge in [0.25, 0.3) is 0 Å². The van der Waals surface area contributed by atoms with Crippen LogP contribution in [-0.4, -0.2) is 22.8 Å². The summed E-state index contributed by atoms with van der Waals surface area (Å²) in [7, 11) is 0. The third kappa shape index (κ3) is 12.3. The van der Waals surface area contributed by atoms with Crippen LogP contribution in [0.1, 0.15) is 0 Å². The second-order valence-corrected chi connectivity index (χ2v) is 41.2. The Morgan fingerprint density at radius 2 is 0.486 bits per heavy atom. The quantitative estimate of drug-likeness (QED) is 0.142. The first kappa shape index (κ1) is 80.6. The van der Waals surface area contributed by atoms with Gasteiger partial charge in [0.1, 0.15) is 5.58 Å². The van der Waals surface area contributed by atoms with Gasteiger partial charge >= 0.3 is 0 Å². The zero-order valence-electron chi connectivity index (χ0n) is 76.4. The number of rotatable bonds is 9. The van der Waals surface area contributed by atoms with E-state index in [0.717, 1.165) is 33.3 Å². The van der Waals surface area contributed by atoms with Crippen LogP contribution >= 0.6 is 45.3 Å². The van der Waals surface area contributed by atoms with Crippen molar-refractivity contribution in [3.63, 3.8) is 0 Å². The monoisotopic (exact) mass is 1880 g/mol. The maximum Gasteiger partial charge on any atom is 0.159 e. The van der Waals surface area contributed by atoms with Crippen LogP contribution < -0.4 is 0 Å². The summed E-state index contributed by atoms with van der Waals surface area (Å²) >= 11 is 7.64. The van der Waals surface area contributed by atoms with Gasteiger partial charge in [-0.05, 0) is 178 Å². The molecule has 0 unspecified atom stereocenters. The lowest BCUT2D eigenvalue weighted by Gasteiger charge is -2.11. The fourth-order valence-electron chi connectivity index (χ4n) is 23.2. The second-order valence-electron chi connectivity index (χ2n) is 37.1. The molecule has 32 rings (SSSR count). The maximum atomic E-state index is 6.53. The van der Waals surface area contributed by atoms with Gasteiger partial charge in [-0.2, -0.15) is 0 Å². The average molecular weight is 1880 g/mol. The normalized spacial score (nSPS) is 12.1. The summed E-state index contributed by atoms with van der Waals surface area (Å²) < 4.78 is 29.4. The van der Waals surface area contributed by atoms with Gasteiger partial charge in [-0.1, -0.05) is 346 Å². The highest BCUT2D eigenvalue weighted by atomic mass is 32.1. The Morgan fingerprint density at radius 1 is 0.155 bits per heavy atom. The first-order chi connectivity index (χ1) is 70.5. The third-order valence-corrected chi connectivity index (χ3v) is 34.4. The lowest BCUT2D eigenvalue weighted by atomic mass is 9.98. The summed E-state index contributed by atoms with van der Waals surface area (Å²) in [6.07, 6.45) is 0. The number of thiophene rings is 4. The van der Waals surface area contributed by atoms with Gasteiger partial charge < -0.3 is 27.3 Å². The number of benzene rings is 22. The van der Waals surface area contributed by atoms with Crippen LogP contribution in [0.3, 0.4) is 0 Å². The lowest BCUT2D eigenvalue weighted by molar-refractivity contribution is 0.666. The molecule has 0 aliphatic rings. The number of nitrogens with zero attached hydrogens (tertiary/aromatic N) is 5. The molecule has 0 aliphatic heterocycles. The van der Waals surface area contributed by atoms with Crippen LogP contribution in [-0.2, 0) is 0 Å². The molecule has 6 nitrogen and oxygen atoms in total. The van der Waals surface area contributed by atoms with E-state index in [4.69, 9.17) is 4.42 Å². The van der Waals surface area contributed by atoms with Crippen molar-refractivity contribution in [2.75, 3.05) is 0 Å². The van der Waals surface area contributed by atoms with Crippen molar-refractivity contribution < 1.29 is 4.42 Å². The zero-order valence-corrected chi connectivity index (χ0v) is 79.7. The van der Waals surface area contributed by atoms with Crippen LogP contribution in [0.2, 0.25) is 0 Å². The van der Waals surface area contributed by atoms with Crippen molar-refractivity contribution in [3.8, 4) is 72.9 Å². The largest absolute Gasteiger partial charge is 0.454 e. The molecular formula is C132H79N5OS4. The Hall–Kier alpha value is -17.5. The van der Waals surface area contributed by atoms with E-state index >= 15 is 0 Å². The highest BCUT2D eigenvalue weighted by molar-refractivity contribution is 7.28. The Kier molecular flexibility index (Phi) is 18.2. The van der Waals surface area contributed by atoms with Crippen molar-refractivity contribution in [2.24, 2.45) is 0 Å². The molecule has 0 bridgehead atoms. The Morgan fingerprint density at radius 3 is 1.04 bits per heavy atom. The van der Waals surface area contributed by atoms with E-state index in [9.17, 15) is 0 Å². The summed E-state index contributed by atoms with van der Waals surface area (Å²) in [4.78, 5) is 0. The molecule has 22 aromatic carbocycles. The number of hydrogen-bond donors (Lipinski definition) is 0.